The lowest BCUT2D eigenvalue weighted by atomic mass is 9.75. The molecule has 0 amide bonds. The standard InChI is InChI=1S/C16H26N4S/c1-16(2)7-5-12(6-8-16)19(4)14-13(11-17-3)20-9-10-21-15(20)18-14/h9-10,12,17H,5-8,11H2,1-4H3. The highest BCUT2D eigenvalue weighted by Crippen LogP contribution is 2.38. The summed E-state index contributed by atoms with van der Waals surface area (Å²) in [4.78, 5) is 8.38. The van der Waals surface area contributed by atoms with Gasteiger partial charge in [0.15, 0.2) is 10.8 Å². The first-order valence-electron chi connectivity index (χ1n) is 7.84. The Hall–Kier alpha value is -1.07. The molecule has 3 rings (SSSR count). The second-order valence-electron chi connectivity index (χ2n) is 6.97. The number of nitrogens with zero attached hydrogens (tertiary/aromatic N) is 3. The minimum Gasteiger partial charge on any atom is -0.355 e. The molecule has 0 aliphatic heterocycles. The molecule has 1 aliphatic carbocycles. The van der Waals surface area contributed by atoms with Crippen LogP contribution in [-0.4, -0.2) is 29.5 Å². The van der Waals surface area contributed by atoms with Crippen molar-refractivity contribution < 1.29 is 0 Å². The van der Waals surface area contributed by atoms with Crippen LogP contribution in [0.5, 0.6) is 0 Å². The van der Waals surface area contributed by atoms with Gasteiger partial charge in [-0.25, -0.2) is 4.98 Å². The van der Waals surface area contributed by atoms with Crippen LogP contribution in [-0.2, 0) is 6.54 Å². The van der Waals surface area contributed by atoms with Crippen LogP contribution in [0.2, 0.25) is 0 Å². The molecule has 1 N–H and O–H groups in total. The maximum Gasteiger partial charge on any atom is 0.195 e. The van der Waals surface area contributed by atoms with E-state index in [4.69, 9.17) is 4.98 Å². The van der Waals surface area contributed by atoms with Gasteiger partial charge >= 0.3 is 0 Å². The number of rotatable bonds is 4. The summed E-state index contributed by atoms with van der Waals surface area (Å²) in [5.41, 5.74) is 1.79. The van der Waals surface area contributed by atoms with Crippen molar-refractivity contribution in [2.75, 3.05) is 19.0 Å². The van der Waals surface area contributed by atoms with E-state index < -0.39 is 0 Å². The smallest absolute Gasteiger partial charge is 0.195 e. The average Bonchev–Trinajstić information content (AvgIpc) is 3.01. The lowest BCUT2D eigenvalue weighted by Gasteiger charge is -2.39. The van der Waals surface area contributed by atoms with Crippen LogP contribution >= 0.6 is 11.3 Å². The number of aromatic nitrogens is 2. The molecular formula is C16H26N4S. The molecule has 1 saturated carbocycles. The molecule has 0 radical (unpaired) electrons. The third-order valence-corrected chi connectivity index (χ3v) is 5.63. The van der Waals surface area contributed by atoms with E-state index in [0.717, 1.165) is 17.3 Å². The summed E-state index contributed by atoms with van der Waals surface area (Å²) in [7, 11) is 4.22. The van der Waals surface area contributed by atoms with Crippen molar-refractivity contribution in [3.8, 4) is 0 Å². The van der Waals surface area contributed by atoms with Gasteiger partial charge < -0.3 is 10.2 Å². The number of imidazole rings is 1. The molecule has 0 atom stereocenters. The first-order chi connectivity index (χ1) is 10.0. The van der Waals surface area contributed by atoms with Crippen molar-refractivity contribution in [1.29, 1.82) is 0 Å². The number of fused-ring (bicyclic) bond motifs is 1. The fourth-order valence-corrected chi connectivity index (χ4v) is 4.11. The normalized spacial score (nSPS) is 19.2. The van der Waals surface area contributed by atoms with E-state index in [1.165, 1.54) is 31.4 Å². The minimum absolute atomic E-state index is 0.514. The molecule has 4 nitrogen and oxygen atoms in total. The molecule has 1 aliphatic rings. The van der Waals surface area contributed by atoms with Gasteiger partial charge in [-0.05, 0) is 38.1 Å². The lowest BCUT2D eigenvalue weighted by Crippen LogP contribution is -2.38. The topological polar surface area (TPSA) is 32.6 Å². The molecule has 116 valence electrons. The quantitative estimate of drug-likeness (QED) is 0.938. The van der Waals surface area contributed by atoms with Gasteiger partial charge in [0.1, 0.15) is 0 Å². The molecule has 0 unspecified atom stereocenters. The van der Waals surface area contributed by atoms with E-state index in [9.17, 15) is 0 Å². The Balaban J connectivity index is 1.85. The molecule has 0 bridgehead atoms. The van der Waals surface area contributed by atoms with Gasteiger partial charge in [-0.1, -0.05) is 13.8 Å². The number of hydrogen-bond donors (Lipinski definition) is 1. The first-order valence-corrected chi connectivity index (χ1v) is 8.72. The molecule has 0 saturated heterocycles. The van der Waals surface area contributed by atoms with Gasteiger partial charge in [-0.2, -0.15) is 0 Å². The number of hydrogen-bond acceptors (Lipinski definition) is 4. The Labute approximate surface area is 131 Å². The van der Waals surface area contributed by atoms with Crippen molar-refractivity contribution in [1.82, 2.24) is 14.7 Å². The summed E-state index contributed by atoms with van der Waals surface area (Å²) >= 11 is 1.71. The van der Waals surface area contributed by atoms with E-state index in [-0.39, 0.29) is 0 Å². The zero-order valence-corrected chi connectivity index (χ0v) is 14.3. The van der Waals surface area contributed by atoms with Gasteiger partial charge in [0.25, 0.3) is 0 Å². The molecule has 1 fully saturated rings. The van der Waals surface area contributed by atoms with Gasteiger partial charge in [0, 0.05) is 31.2 Å². The van der Waals surface area contributed by atoms with Crippen LogP contribution in [0.4, 0.5) is 5.82 Å². The average molecular weight is 306 g/mol. The summed E-state index contributed by atoms with van der Waals surface area (Å²) in [6.45, 7) is 5.64. The third kappa shape index (κ3) is 2.81. The molecule has 5 heteroatoms. The number of thiazole rings is 1. The first kappa shape index (κ1) is 14.9. The molecule has 2 heterocycles. The second kappa shape index (κ2) is 5.61. The van der Waals surface area contributed by atoms with Gasteiger partial charge in [0.2, 0.25) is 0 Å². The molecule has 2 aromatic rings. The van der Waals surface area contributed by atoms with Crippen molar-refractivity contribution in [2.45, 2.75) is 52.1 Å². The van der Waals surface area contributed by atoms with Crippen molar-refractivity contribution in [3.05, 3.63) is 17.3 Å². The predicted molar refractivity (Wildman–Crippen MR) is 90.3 cm³/mol. The highest BCUT2D eigenvalue weighted by molar-refractivity contribution is 7.15. The monoisotopic (exact) mass is 306 g/mol. The third-order valence-electron chi connectivity index (χ3n) is 4.87. The minimum atomic E-state index is 0.514. The van der Waals surface area contributed by atoms with E-state index >= 15 is 0 Å². The Kier molecular flexibility index (Phi) is 3.97. The Morgan fingerprint density at radius 1 is 1.43 bits per heavy atom. The molecular weight excluding hydrogens is 280 g/mol. The maximum atomic E-state index is 4.87. The zero-order valence-electron chi connectivity index (χ0n) is 13.5. The fraction of sp³-hybridized carbons (Fsp3) is 0.688. The fourth-order valence-electron chi connectivity index (χ4n) is 3.38. The lowest BCUT2D eigenvalue weighted by molar-refractivity contribution is 0.222. The summed E-state index contributed by atoms with van der Waals surface area (Å²) in [6.07, 6.45) is 7.29. The van der Waals surface area contributed by atoms with Gasteiger partial charge in [-0.3, -0.25) is 4.40 Å². The SMILES string of the molecule is CNCc1c(N(C)C2CCC(C)(C)CC2)nc2sccn12. The van der Waals surface area contributed by atoms with E-state index in [0.29, 0.717) is 11.5 Å². The van der Waals surface area contributed by atoms with Crippen LogP contribution in [0.25, 0.3) is 4.96 Å². The maximum absolute atomic E-state index is 4.87. The summed E-state index contributed by atoms with van der Waals surface area (Å²) in [5.74, 6) is 1.15. The van der Waals surface area contributed by atoms with Crippen LogP contribution in [0.1, 0.15) is 45.2 Å². The van der Waals surface area contributed by atoms with Crippen LogP contribution in [0.3, 0.4) is 0 Å². The molecule has 0 aromatic carbocycles. The summed E-state index contributed by atoms with van der Waals surface area (Å²) < 4.78 is 2.22. The van der Waals surface area contributed by atoms with Crippen molar-refractivity contribution >= 4 is 22.1 Å². The van der Waals surface area contributed by atoms with Crippen molar-refractivity contribution in [3.63, 3.8) is 0 Å². The molecule has 21 heavy (non-hydrogen) atoms. The Bertz CT molecular complexity index is 603. The van der Waals surface area contributed by atoms with E-state index in [1.54, 1.807) is 11.3 Å². The molecule has 2 aromatic heterocycles. The zero-order chi connectivity index (χ0) is 15.0. The predicted octanol–water partition coefficient (Wildman–Crippen LogP) is 3.52. The van der Waals surface area contributed by atoms with Crippen LogP contribution in [0.15, 0.2) is 11.6 Å². The highest BCUT2D eigenvalue weighted by Gasteiger charge is 2.30. The summed E-state index contributed by atoms with van der Waals surface area (Å²) in [5, 5.41) is 5.39. The second-order valence-corrected chi connectivity index (χ2v) is 7.85. The molecule has 0 spiro atoms. The number of anilines is 1. The highest BCUT2D eigenvalue weighted by atomic mass is 32.1. The number of nitrogens with one attached hydrogen (secondary N) is 1. The van der Waals surface area contributed by atoms with Gasteiger partial charge in [0.05, 0.1) is 5.69 Å². The Morgan fingerprint density at radius 3 is 2.81 bits per heavy atom. The van der Waals surface area contributed by atoms with E-state index in [1.807, 2.05) is 7.05 Å². The summed E-state index contributed by atoms with van der Waals surface area (Å²) in [6, 6.07) is 0.623. The van der Waals surface area contributed by atoms with E-state index in [2.05, 4.69) is 47.1 Å². The Morgan fingerprint density at radius 2 is 2.14 bits per heavy atom. The van der Waals surface area contributed by atoms with Crippen LogP contribution in [0, 0.1) is 5.41 Å². The van der Waals surface area contributed by atoms with Crippen LogP contribution < -0.4 is 10.2 Å². The largest absolute Gasteiger partial charge is 0.355 e. The van der Waals surface area contributed by atoms with Crippen molar-refractivity contribution in [2.24, 2.45) is 5.41 Å². The van der Waals surface area contributed by atoms with Gasteiger partial charge in [-0.15, -0.1) is 11.3 Å².